The van der Waals surface area contributed by atoms with Crippen LogP contribution in [0.1, 0.15) is 43.4 Å². The summed E-state index contributed by atoms with van der Waals surface area (Å²) >= 11 is 0. The molecule has 31 heavy (non-hydrogen) atoms. The highest BCUT2D eigenvalue weighted by atomic mass is 16.6. The number of Topliss-reactive ketones (excluding diaryl/α,β-unsaturated/α-hetero) is 1. The maximum atomic E-state index is 12.9. The van der Waals surface area contributed by atoms with Gasteiger partial charge in [0.2, 0.25) is 0 Å². The maximum absolute atomic E-state index is 12.9. The highest BCUT2D eigenvalue weighted by Gasteiger charge is 2.36. The first-order valence-electron chi connectivity index (χ1n) is 9.39. The Bertz CT molecular complexity index is 1020. The molecule has 0 aliphatic heterocycles. The molecule has 0 fully saturated rings. The number of nitro benzene ring substituents is 1. The van der Waals surface area contributed by atoms with Crippen molar-refractivity contribution >= 4 is 23.1 Å². The van der Waals surface area contributed by atoms with Crippen LogP contribution in [-0.2, 0) is 25.7 Å². The maximum Gasteiger partial charge on any atom is 0.321 e. The fourth-order valence-electron chi connectivity index (χ4n) is 2.87. The first-order chi connectivity index (χ1) is 14.5. The molecule has 2 N–H and O–H groups in total. The molecule has 2 aromatic rings. The van der Waals surface area contributed by atoms with E-state index >= 15 is 0 Å². The third kappa shape index (κ3) is 6.10. The SMILES string of the molecule is CC(C)(C)OC(=O)C(C(=O)COCc1ccccc1)c1ccc([N+](=O)[O-])c(N)c1C#N. The number of carbonyl (C=O) groups is 2. The molecular formula is C22H23N3O6. The van der Waals surface area contributed by atoms with E-state index < -0.39 is 46.2 Å². The molecule has 1 atom stereocenters. The van der Waals surface area contributed by atoms with Gasteiger partial charge in [-0.25, -0.2) is 0 Å². The van der Waals surface area contributed by atoms with E-state index in [-0.39, 0.29) is 17.7 Å². The number of ketones is 1. The topological polar surface area (TPSA) is 146 Å². The number of ether oxygens (including phenoxy) is 2. The van der Waals surface area contributed by atoms with Gasteiger partial charge in [0.05, 0.1) is 17.1 Å². The minimum Gasteiger partial charge on any atom is -0.459 e. The van der Waals surface area contributed by atoms with Gasteiger partial charge in [0.15, 0.2) is 5.78 Å². The van der Waals surface area contributed by atoms with Crippen molar-refractivity contribution in [2.45, 2.75) is 38.9 Å². The van der Waals surface area contributed by atoms with E-state index in [0.29, 0.717) is 0 Å². The Hall–Kier alpha value is -3.77. The van der Waals surface area contributed by atoms with Gasteiger partial charge < -0.3 is 15.2 Å². The van der Waals surface area contributed by atoms with Gasteiger partial charge in [0.25, 0.3) is 5.69 Å². The average Bonchev–Trinajstić information content (AvgIpc) is 2.67. The Morgan fingerprint density at radius 3 is 2.39 bits per heavy atom. The third-order valence-electron chi connectivity index (χ3n) is 4.19. The standard InChI is InChI=1S/C22H23N3O6/c1-22(2,3)31-21(27)19(18(26)13-30-12-14-7-5-4-6-8-14)15-9-10-17(25(28)29)20(24)16(15)11-23/h4-10,19H,12-13,24H2,1-3H3. The minimum atomic E-state index is -1.52. The molecule has 9 nitrogen and oxygen atoms in total. The molecule has 0 saturated carbocycles. The summed E-state index contributed by atoms with van der Waals surface area (Å²) in [5.74, 6) is -3.08. The van der Waals surface area contributed by atoms with Gasteiger partial charge >= 0.3 is 5.97 Å². The van der Waals surface area contributed by atoms with E-state index in [0.717, 1.165) is 11.6 Å². The fourth-order valence-corrected chi connectivity index (χ4v) is 2.87. The quantitative estimate of drug-likeness (QED) is 0.223. The van der Waals surface area contributed by atoms with Crippen molar-refractivity contribution < 1.29 is 24.0 Å². The van der Waals surface area contributed by atoms with Gasteiger partial charge in [-0.2, -0.15) is 5.26 Å². The smallest absolute Gasteiger partial charge is 0.321 e. The Morgan fingerprint density at radius 1 is 1.19 bits per heavy atom. The molecule has 0 aliphatic carbocycles. The number of rotatable bonds is 8. The second kappa shape index (κ2) is 9.82. The molecule has 9 heteroatoms. The number of nitrogens with zero attached hydrogens (tertiary/aromatic N) is 2. The minimum absolute atomic E-state index is 0.0619. The lowest BCUT2D eigenvalue weighted by atomic mass is 9.89. The Labute approximate surface area is 179 Å². The third-order valence-corrected chi connectivity index (χ3v) is 4.19. The van der Waals surface area contributed by atoms with Crippen LogP contribution in [0.3, 0.4) is 0 Å². The molecule has 0 spiro atoms. The summed E-state index contributed by atoms with van der Waals surface area (Å²) in [5.41, 5.74) is 4.42. The number of hydrogen-bond acceptors (Lipinski definition) is 8. The fraction of sp³-hybridized carbons (Fsp3) is 0.318. The zero-order chi connectivity index (χ0) is 23.2. The molecule has 0 aromatic heterocycles. The van der Waals surface area contributed by atoms with E-state index in [1.807, 2.05) is 30.3 Å². The van der Waals surface area contributed by atoms with Crippen LogP contribution in [0.2, 0.25) is 0 Å². The monoisotopic (exact) mass is 425 g/mol. The van der Waals surface area contributed by atoms with Crippen molar-refractivity contribution in [2.75, 3.05) is 12.3 Å². The molecule has 1 unspecified atom stereocenters. The molecule has 0 radical (unpaired) electrons. The van der Waals surface area contributed by atoms with Gasteiger partial charge in [-0.05, 0) is 38.0 Å². The summed E-state index contributed by atoms with van der Waals surface area (Å²) in [6.45, 7) is 4.61. The molecule has 0 heterocycles. The van der Waals surface area contributed by atoms with Crippen molar-refractivity contribution in [3.8, 4) is 6.07 Å². The number of benzene rings is 2. The number of nitriles is 1. The molecule has 0 saturated heterocycles. The van der Waals surface area contributed by atoms with Crippen LogP contribution in [-0.4, -0.2) is 28.9 Å². The summed E-state index contributed by atoms with van der Waals surface area (Å²) in [6.07, 6.45) is 0. The number of carbonyl (C=O) groups excluding carboxylic acids is 2. The lowest BCUT2D eigenvalue weighted by Crippen LogP contribution is -2.33. The van der Waals surface area contributed by atoms with Crippen LogP contribution in [0, 0.1) is 21.4 Å². The zero-order valence-corrected chi connectivity index (χ0v) is 17.5. The second-order valence-corrected chi connectivity index (χ2v) is 7.74. The Morgan fingerprint density at radius 2 is 1.84 bits per heavy atom. The van der Waals surface area contributed by atoms with Crippen molar-refractivity contribution in [3.63, 3.8) is 0 Å². The molecule has 0 bridgehead atoms. The van der Waals surface area contributed by atoms with E-state index in [1.165, 1.54) is 6.07 Å². The number of hydrogen-bond donors (Lipinski definition) is 1. The summed E-state index contributed by atoms with van der Waals surface area (Å²) in [5, 5.41) is 20.7. The van der Waals surface area contributed by atoms with Gasteiger partial charge in [-0.1, -0.05) is 30.3 Å². The summed E-state index contributed by atoms with van der Waals surface area (Å²) < 4.78 is 10.8. The summed E-state index contributed by atoms with van der Waals surface area (Å²) in [4.78, 5) is 36.2. The van der Waals surface area contributed by atoms with Crippen LogP contribution >= 0.6 is 0 Å². The van der Waals surface area contributed by atoms with Gasteiger partial charge in [-0.15, -0.1) is 0 Å². The number of nitro groups is 1. The predicted octanol–water partition coefficient (Wildman–Crippen LogP) is 3.26. The molecule has 0 aliphatic rings. The van der Waals surface area contributed by atoms with E-state index in [4.69, 9.17) is 15.2 Å². The van der Waals surface area contributed by atoms with Crippen LogP contribution in [0.15, 0.2) is 42.5 Å². The predicted molar refractivity (Wildman–Crippen MR) is 112 cm³/mol. The normalized spacial score (nSPS) is 11.9. The number of anilines is 1. The van der Waals surface area contributed by atoms with Gasteiger partial charge in [-0.3, -0.25) is 19.7 Å². The molecule has 0 amide bonds. The van der Waals surface area contributed by atoms with Gasteiger partial charge in [0.1, 0.15) is 29.9 Å². The molecular weight excluding hydrogens is 402 g/mol. The van der Waals surface area contributed by atoms with Crippen LogP contribution < -0.4 is 5.73 Å². The van der Waals surface area contributed by atoms with Crippen molar-refractivity contribution in [1.29, 1.82) is 5.26 Å². The van der Waals surface area contributed by atoms with E-state index in [1.54, 1.807) is 26.8 Å². The van der Waals surface area contributed by atoms with Gasteiger partial charge in [0, 0.05) is 6.07 Å². The number of nitrogen functional groups attached to an aromatic ring is 1. The van der Waals surface area contributed by atoms with Crippen molar-refractivity contribution in [1.82, 2.24) is 0 Å². The Kier molecular flexibility index (Phi) is 7.45. The van der Waals surface area contributed by atoms with Crippen LogP contribution in [0.4, 0.5) is 11.4 Å². The summed E-state index contributed by atoms with van der Waals surface area (Å²) in [7, 11) is 0. The van der Waals surface area contributed by atoms with Crippen LogP contribution in [0.5, 0.6) is 0 Å². The lowest BCUT2D eigenvalue weighted by Gasteiger charge is -2.24. The highest BCUT2D eigenvalue weighted by molar-refractivity contribution is 6.06. The highest BCUT2D eigenvalue weighted by Crippen LogP contribution is 2.33. The first kappa shape index (κ1) is 23.5. The number of nitrogens with two attached hydrogens (primary N) is 1. The Balaban J connectivity index is 2.38. The second-order valence-electron chi connectivity index (χ2n) is 7.74. The average molecular weight is 425 g/mol. The number of esters is 1. The van der Waals surface area contributed by atoms with Crippen molar-refractivity contribution in [2.24, 2.45) is 0 Å². The largest absolute Gasteiger partial charge is 0.459 e. The summed E-state index contributed by atoms with van der Waals surface area (Å²) in [6, 6.07) is 13.1. The lowest BCUT2D eigenvalue weighted by molar-refractivity contribution is -0.383. The van der Waals surface area contributed by atoms with Crippen molar-refractivity contribution in [3.05, 3.63) is 69.3 Å². The zero-order valence-electron chi connectivity index (χ0n) is 17.5. The molecule has 2 rings (SSSR count). The van der Waals surface area contributed by atoms with Crippen LogP contribution in [0.25, 0.3) is 0 Å². The molecule has 2 aromatic carbocycles. The van der Waals surface area contributed by atoms with E-state index in [9.17, 15) is 25.0 Å². The molecule has 162 valence electrons. The first-order valence-corrected chi connectivity index (χ1v) is 9.39. The van der Waals surface area contributed by atoms with E-state index in [2.05, 4.69) is 0 Å².